The van der Waals surface area contributed by atoms with Gasteiger partial charge in [-0.15, -0.1) is 0 Å². The van der Waals surface area contributed by atoms with Crippen molar-refractivity contribution in [3.63, 3.8) is 0 Å². The number of aromatic nitrogens is 7. The summed E-state index contributed by atoms with van der Waals surface area (Å²) in [5.41, 5.74) is 11.0. The van der Waals surface area contributed by atoms with E-state index in [1.165, 1.54) is 0 Å². The van der Waals surface area contributed by atoms with Gasteiger partial charge in [-0.3, -0.25) is 9.97 Å². The second-order valence-corrected chi connectivity index (χ2v) is 13.4. The molecule has 0 spiro atoms. The molecule has 0 atom stereocenters. The van der Waals surface area contributed by atoms with Gasteiger partial charge in [-0.25, -0.2) is 24.9 Å². The maximum absolute atomic E-state index is 5.22. The SMILES string of the molecule is c1ccc(-c2cc(-c3cccc(-c4cccc(-c5nc(-c6ccccc6)nc(-c6ccccc6)n5)c4)c3)nc(-c3ccnc4c3ccc3cccnc34)n2)cc1. The van der Waals surface area contributed by atoms with Crippen molar-refractivity contribution in [1.82, 2.24) is 34.9 Å². The van der Waals surface area contributed by atoms with Crippen LogP contribution in [-0.2, 0) is 0 Å². The molecule has 6 aromatic carbocycles. The molecule has 7 nitrogen and oxygen atoms in total. The Morgan fingerprint density at radius 2 is 0.804 bits per heavy atom. The van der Waals surface area contributed by atoms with Crippen LogP contribution in [0.1, 0.15) is 0 Å². The zero-order valence-electron chi connectivity index (χ0n) is 30.0. The summed E-state index contributed by atoms with van der Waals surface area (Å²) in [6.07, 6.45) is 3.62. The molecule has 0 saturated heterocycles. The second-order valence-electron chi connectivity index (χ2n) is 13.4. The van der Waals surface area contributed by atoms with Crippen LogP contribution in [-0.4, -0.2) is 34.9 Å². The molecule has 262 valence electrons. The molecule has 4 heterocycles. The number of fused-ring (bicyclic) bond motifs is 3. The number of nitrogens with zero attached hydrogens (tertiary/aromatic N) is 7. The summed E-state index contributed by atoms with van der Waals surface area (Å²) in [4.78, 5) is 34.6. The molecule has 0 amide bonds. The molecule has 0 fully saturated rings. The average Bonchev–Trinajstić information content (AvgIpc) is 3.29. The summed E-state index contributed by atoms with van der Waals surface area (Å²) < 4.78 is 0. The number of benzene rings is 6. The highest BCUT2D eigenvalue weighted by Gasteiger charge is 2.16. The third kappa shape index (κ3) is 6.33. The molecule has 0 saturated carbocycles. The average molecular weight is 718 g/mol. The van der Waals surface area contributed by atoms with E-state index in [4.69, 9.17) is 29.9 Å². The van der Waals surface area contributed by atoms with Gasteiger partial charge >= 0.3 is 0 Å². The van der Waals surface area contributed by atoms with Gasteiger partial charge in [0.25, 0.3) is 0 Å². The summed E-state index contributed by atoms with van der Waals surface area (Å²) in [5.74, 6) is 2.48. The molecule has 0 aliphatic carbocycles. The van der Waals surface area contributed by atoms with Gasteiger partial charge in [-0.05, 0) is 41.5 Å². The molecule has 10 aromatic rings. The number of hydrogen-bond acceptors (Lipinski definition) is 7. The van der Waals surface area contributed by atoms with Gasteiger partial charge in [0.05, 0.1) is 22.4 Å². The van der Waals surface area contributed by atoms with Crippen LogP contribution < -0.4 is 0 Å². The van der Waals surface area contributed by atoms with Gasteiger partial charge < -0.3 is 0 Å². The molecule has 10 rings (SSSR count). The number of hydrogen-bond donors (Lipinski definition) is 0. The van der Waals surface area contributed by atoms with E-state index < -0.39 is 0 Å². The molecule has 0 N–H and O–H groups in total. The Morgan fingerprint density at radius 3 is 1.46 bits per heavy atom. The normalized spacial score (nSPS) is 11.2. The Hall–Kier alpha value is -7.77. The lowest BCUT2D eigenvalue weighted by molar-refractivity contribution is 1.07. The molecule has 7 heteroatoms. The van der Waals surface area contributed by atoms with E-state index >= 15 is 0 Å². The fraction of sp³-hybridized carbons (Fsp3) is 0. The van der Waals surface area contributed by atoms with Crippen molar-refractivity contribution in [2.75, 3.05) is 0 Å². The molecule has 0 radical (unpaired) electrons. The summed E-state index contributed by atoms with van der Waals surface area (Å²) in [7, 11) is 0. The lowest BCUT2D eigenvalue weighted by Gasteiger charge is -2.12. The molecular weight excluding hydrogens is 687 g/mol. The number of pyridine rings is 2. The van der Waals surface area contributed by atoms with Crippen molar-refractivity contribution in [3.05, 3.63) is 188 Å². The van der Waals surface area contributed by atoms with Gasteiger partial charge in [-0.2, -0.15) is 0 Å². The van der Waals surface area contributed by atoms with E-state index in [-0.39, 0.29) is 0 Å². The monoisotopic (exact) mass is 717 g/mol. The van der Waals surface area contributed by atoms with E-state index in [0.717, 1.165) is 77.7 Å². The first-order valence-electron chi connectivity index (χ1n) is 18.4. The van der Waals surface area contributed by atoms with Crippen molar-refractivity contribution in [2.45, 2.75) is 0 Å². The first kappa shape index (κ1) is 32.8. The third-order valence-corrected chi connectivity index (χ3v) is 9.83. The van der Waals surface area contributed by atoms with Gasteiger partial charge in [-0.1, -0.05) is 146 Å². The van der Waals surface area contributed by atoms with Crippen molar-refractivity contribution in [2.24, 2.45) is 0 Å². The van der Waals surface area contributed by atoms with Crippen LogP contribution in [0.25, 0.3) is 101 Å². The molecule has 0 aliphatic heterocycles. The third-order valence-electron chi connectivity index (χ3n) is 9.83. The van der Waals surface area contributed by atoms with E-state index in [9.17, 15) is 0 Å². The maximum Gasteiger partial charge on any atom is 0.164 e. The molecule has 4 aromatic heterocycles. The number of rotatable bonds is 7. The van der Waals surface area contributed by atoms with Crippen LogP contribution in [0.4, 0.5) is 0 Å². The van der Waals surface area contributed by atoms with Gasteiger partial charge in [0.1, 0.15) is 0 Å². The predicted molar refractivity (Wildman–Crippen MR) is 224 cm³/mol. The van der Waals surface area contributed by atoms with E-state index in [2.05, 4.69) is 83.8 Å². The maximum atomic E-state index is 5.22. The Bertz CT molecular complexity index is 2970. The summed E-state index contributed by atoms with van der Waals surface area (Å²) >= 11 is 0. The zero-order valence-corrected chi connectivity index (χ0v) is 30.0. The van der Waals surface area contributed by atoms with Crippen molar-refractivity contribution in [1.29, 1.82) is 0 Å². The fourth-order valence-electron chi connectivity index (χ4n) is 7.05. The zero-order chi connectivity index (χ0) is 37.3. The first-order valence-corrected chi connectivity index (χ1v) is 18.4. The van der Waals surface area contributed by atoms with Crippen LogP contribution in [0.5, 0.6) is 0 Å². The van der Waals surface area contributed by atoms with E-state index in [1.54, 1.807) is 6.20 Å². The first-order chi connectivity index (χ1) is 27.7. The van der Waals surface area contributed by atoms with Crippen molar-refractivity contribution in [3.8, 4) is 79.2 Å². The minimum atomic E-state index is 0.608. The molecule has 56 heavy (non-hydrogen) atoms. The highest BCUT2D eigenvalue weighted by atomic mass is 15.0. The van der Waals surface area contributed by atoms with Crippen LogP contribution in [0.2, 0.25) is 0 Å². The van der Waals surface area contributed by atoms with Crippen LogP contribution in [0, 0.1) is 0 Å². The highest BCUT2D eigenvalue weighted by Crippen LogP contribution is 2.35. The van der Waals surface area contributed by atoms with Crippen LogP contribution in [0.15, 0.2) is 188 Å². The van der Waals surface area contributed by atoms with Crippen LogP contribution >= 0.6 is 0 Å². The Kier molecular flexibility index (Phi) is 8.35. The largest absolute Gasteiger partial charge is 0.254 e. The van der Waals surface area contributed by atoms with Crippen molar-refractivity contribution < 1.29 is 0 Å². The molecule has 0 unspecified atom stereocenters. The summed E-state index contributed by atoms with van der Waals surface area (Å²) in [6.45, 7) is 0. The standard InChI is InChI=1S/C49H31N7/c1-4-13-32(14-5-1)42-31-43(53-49(52-42)41-26-28-51-45-40(41)25-24-33-23-12-27-50-44(33)45)38-21-10-19-36(29-38)37-20-11-22-39(30-37)48-55-46(34-15-6-2-7-16-34)54-47(56-48)35-17-8-3-9-18-35/h1-31H. The van der Waals surface area contributed by atoms with Crippen molar-refractivity contribution >= 4 is 21.8 Å². The topological polar surface area (TPSA) is 90.2 Å². The fourth-order valence-corrected chi connectivity index (χ4v) is 7.05. The smallest absolute Gasteiger partial charge is 0.164 e. The molecule has 0 aliphatic rings. The Morgan fingerprint density at radius 1 is 0.286 bits per heavy atom. The van der Waals surface area contributed by atoms with Gasteiger partial charge in [0.15, 0.2) is 23.3 Å². The van der Waals surface area contributed by atoms with E-state index in [0.29, 0.717) is 23.3 Å². The van der Waals surface area contributed by atoms with Gasteiger partial charge in [0, 0.05) is 56.5 Å². The predicted octanol–water partition coefficient (Wildman–Crippen LogP) is 11.4. The summed E-state index contributed by atoms with van der Waals surface area (Å²) in [6, 6.07) is 59.3. The van der Waals surface area contributed by atoms with E-state index in [1.807, 2.05) is 103 Å². The van der Waals surface area contributed by atoms with Crippen LogP contribution in [0.3, 0.4) is 0 Å². The Labute approximate surface area is 323 Å². The highest BCUT2D eigenvalue weighted by molar-refractivity contribution is 6.07. The summed E-state index contributed by atoms with van der Waals surface area (Å²) in [5, 5.41) is 1.98. The quantitative estimate of drug-likeness (QED) is 0.152. The lowest BCUT2D eigenvalue weighted by Crippen LogP contribution is -2.00. The second kappa shape index (κ2) is 14.2. The lowest BCUT2D eigenvalue weighted by atomic mass is 9.99. The molecular formula is C49H31N7. The van der Waals surface area contributed by atoms with Gasteiger partial charge in [0.2, 0.25) is 0 Å². The Balaban J connectivity index is 1.08. The minimum Gasteiger partial charge on any atom is -0.254 e. The molecule has 0 bridgehead atoms. The minimum absolute atomic E-state index is 0.608.